The Kier molecular flexibility index (Phi) is 5.17. The van der Waals surface area contributed by atoms with Gasteiger partial charge in [0.15, 0.2) is 0 Å². The molecule has 0 aliphatic carbocycles. The van der Waals surface area contributed by atoms with Gasteiger partial charge in [-0.15, -0.1) is 0 Å². The fourth-order valence-corrected chi connectivity index (χ4v) is 4.53. The molecule has 0 amide bonds. The molecule has 0 N–H and O–H groups in total. The second-order valence-corrected chi connectivity index (χ2v) is 8.23. The van der Waals surface area contributed by atoms with E-state index in [1.165, 1.54) is 0 Å². The molecule has 2 heteroatoms. The summed E-state index contributed by atoms with van der Waals surface area (Å²) in [5, 5.41) is 1.12. The van der Waals surface area contributed by atoms with Gasteiger partial charge in [-0.3, -0.25) is 0 Å². The van der Waals surface area contributed by atoms with E-state index in [4.69, 9.17) is 4.42 Å². The van der Waals surface area contributed by atoms with E-state index < -0.39 is 0 Å². The summed E-state index contributed by atoms with van der Waals surface area (Å²) in [5.74, 6) is 0.885. The zero-order valence-electron chi connectivity index (χ0n) is 18.6. The number of furan rings is 1. The van der Waals surface area contributed by atoms with E-state index >= 15 is 0 Å². The molecule has 34 heavy (non-hydrogen) atoms. The van der Waals surface area contributed by atoms with Crippen LogP contribution < -0.4 is 4.90 Å². The van der Waals surface area contributed by atoms with E-state index in [1.807, 2.05) is 30.3 Å². The summed E-state index contributed by atoms with van der Waals surface area (Å²) >= 11 is 0. The quantitative estimate of drug-likeness (QED) is 0.267. The smallest absolute Gasteiger partial charge is 0.143 e. The number of fused-ring (bicyclic) bond motifs is 1. The van der Waals surface area contributed by atoms with Crippen LogP contribution in [0.2, 0.25) is 0 Å². The van der Waals surface area contributed by atoms with Gasteiger partial charge < -0.3 is 9.32 Å². The lowest BCUT2D eigenvalue weighted by Crippen LogP contribution is -2.09. The molecule has 1 heterocycles. The molecule has 0 aliphatic rings. The molecule has 0 unspecified atom stereocenters. The van der Waals surface area contributed by atoms with E-state index in [-0.39, 0.29) is 0 Å². The van der Waals surface area contributed by atoms with Crippen LogP contribution in [0.15, 0.2) is 144 Å². The maximum atomic E-state index is 6.47. The summed E-state index contributed by atoms with van der Waals surface area (Å²) in [7, 11) is 0. The highest BCUT2D eigenvalue weighted by Crippen LogP contribution is 2.43. The fraction of sp³-hybridized carbons (Fsp3) is 0. The monoisotopic (exact) mass is 437 g/mol. The molecule has 0 fully saturated rings. The average Bonchev–Trinajstić information content (AvgIpc) is 3.31. The zero-order valence-corrected chi connectivity index (χ0v) is 18.6. The molecule has 6 aromatic rings. The normalized spacial score (nSPS) is 10.9. The molecule has 6 rings (SSSR count). The number of rotatable bonds is 5. The van der Waals surface area contributed by atoms with Crippen LogP contribution >= 0.6 is 0 Å². The van der Waals surface area contributed by atoms with Gasteiger partial charge in [0, 0.05) is 33.6 Å². The van der Waals surface area contributed by atoms with Crippen molar-refractivity contribution in [1.82, 2.24) is 0 Å². The standard InChI is InChI=1S/C32H23NO/c1-4-13-24(14-5-1)31-29-21-10-11-22-30(29)34-32(31)25-15-12-20-28(23-25)33(26-16-6-2-7-17-26)27-18-8-3-9-19-27/h1-23H. The van der Waals surface area contributed by atoms with E-state index in [9.17, 15) is 0 Å². The maximum absolute atomic E-state index is 6.47. The average molecular weight is 438 g/mol. The Morgan fingerprint density at radius 1 is 0.441 bits per heavy atom. The van der Waals surface area contributed by atoms with Crippen molar-refractivity contribution in [3.8, 4) is 22.5 Å². The third-order valence-corrected chi connectivity index (χ3v) is 6.05. The summed E-state index contributed by atoms with van der Waals surface area (Å²) < 4.78 is 6.47. The van der Waals surface area contributed by atoms with Crippen LogP contribution in [0.4, 0.5) is 17.1 Å². The lowest BCUT2D eigenvalue weighted by molar-refractivity contribution is 0.632. The number of hydrogen-bond acceptors (Lipinski definition) is 2. The van der Waals surface area contributed by atoms with Crippen LogP contribution in [-0.4, -0.2) is 0 Å². The third-order valence-electron chi connectivity index (χ3n) is 6.05. The largest absolute Gasteiger partial charge is 0.455 e. The highest BCUT2D eigenvalue weighted by molar-refractivity contribution is 6.02. The Labute approximate surface area is 199 Å². The molecule has 0 bridgehead atoms. The van der Waals surface area contributed by atoms with Gasteiger partial charge in [0.05, 0.1) is 0 Å². The predicted octanol–water partition coefficient (Wildman–Crippen LogP) is 9.24. The molecular weight excluding hydrogens is 414 g/mol. The second-order valence-electron chi connectivity index (χ2n) is 8.23. The first-order chi connectivity index (χ1) is 16.9. The third kappa shape index (κ3) is 3.66. The van der Waals surface area contributed by atoms with E-state index in [1.54, 1.807) is 0 Å². The lowest BCUT2D eigenvalue weighted by atomic mass is 9.98. The van der Waals surface area contributed by atoms with Crippen LogP contribution in [0.25, 0.3) is 33.4 Å². The van der Waals surface area contributed by atoms with E-state index in [0.29, 0.717) is 0 Å². The molecule has 0 atom stereocenters. The van der Waals surface area contributed by atoms with Crippen molar-refractivity contribution >= 4 is 28.0 Å². The van der Waals surface area contributed by atoms with Gasteiger partial charge in [-0.1, -0.05) is 97.1 Å². The van der Waals surface area contributed by atoms with Crippen LogP contribution in [0.3, 0.4) is 0 Å². The number of anilines is 3. The van der Waals surface area contributed by atoms with Crippen LogP contribution in [-0.2, 0) is 0 Å². The van der Waals surface area contributed by atoms with Crippen molar-refractivity contribution in [1.29, 1.82) is 0 Å². The Bertz CT molecular complexity index is 1500. The van der Waals surface area contributed by atoms with Crippen molar-refractivity contribution in [2.45, 2.75) is 0 Å². The van der Waals surface area contributed by atoms with Crippen molar-refractivity contribution in [2.24, 2.45) is 0 Å². The molecule has 0 saturated heterocycles. The predicted molar refractivity (Wildman–Crippen MR) is 142 cm³/mol. The Balaban J connectivity index is 1.55. The Morgan fingerprint density at radius 2 is 0.971 bits per heavy atom. The molecule has 0 aliphatic heterocycles. The maximum Gasteiger partial charge on any atom is 0.143 e. The minimum atomic E-state index is 0.885. The van der Waals surface area contributed by atoms with E-state index in [2.05, 4.69) is 114 Å². The molecule has 5 aromatic carbocycles. The van der Waals surface area contributed by atoms with Gasteiger partial charge in [-0.2, -0.15) is 0 Å². The van der Waals surface area contributed by atoms with Gasteiger partial charge in [-0.05, 0) is 48.0 Å². The second kappa shape index (κ2) is 8.76. The van der Waals surface area contributed by atoms with Crippen LogP contribution in [0, 0.1) is 0 Å². The number of para-hydroxylation sites is 3. The minimum Gasteiger partial charge on any atom is -0.455 e. The SMILES string of the molecule is c1ccc(-c2c(-c3cccc(N(c4ccccc4)c4ccccc4)c3)oc3ccccc23)cc1. The lowest BCUT2D eigenvalue weighted by Gasteiger charge is -2.25. The first-order valence-electron chi connectivity index (χ1n) is 11.5. The van der Waals surface area contributed by atoms with Gasteiger partial charge in [-0.25, -0.2) is 0 Å². The highest BCUT2D eigenvalue weighted by Gasteiger charge is 2.19. The van der Waals surface area contributed by atoms with Gasteiger partial charge >= 0.3 is 0 Å². The van der Waals surface area contributed by atoms with Crippen molar-refractivity contribution in [3.05, 3.63) is 140 Å². The molecule has 0 saturated carbocycles. The van der Waals surface area contributed by atoms with Crippen LogP contribution in [0.1, 0.15) is 0 Å². The summed E-state index contributed by atoms with van der Waals surface area (Å²) in [4.78, 5) is 2.27. The summed E-state index contributed by atoms with van der Waals surface area (Å²) in [6, 6.07) is 48.2. The molecule has 0 spiro atoms. The zero-order chi connectivity index (χ0) is 22.7. The first kappa shape index (κ1) is 20.1. The van der Waals surface area contributed by atoms with Crippen molar-refractivity contribution in [3.63, 3.8) is 0 Å². The minimum absolute atomic E-state index is 0.885. The molecule has 0 radical (unpaired) electrons. The number of hydrogen-bond donors (Lipinski definition) is 0. The van der Waals surface area contributed by atoms with Crippen LogP contribution in [0.5, 0.6) is 0 Å². The Morgan fingerprint density at radius 3 is 1.65 bits per heavy atom. The van der Waals surface area contributed by atoms with Gasteiger partial charge in [0.2, 0.25) is 0 Å². The summed E-state index contributed by atoms with van der Waals surface area (Å²) in [6.07, 6.45) is 0. The molecule has 1 aromatic heterocycles. The van der Waals surface area contributed by atoms with Gasteiger partial charge in [0.25, 0.3) is 0 Å². The van der Waals surface area contributed by atoms with Crippen molar-refractivity contribution < 1.29 is 4.42 Å². The summed E-state index contributed by atoms with van der Waals surface area (Å²) in [6.45, 7) is 0. The first-order valence-corrected chi connectivity index (χ1v) is 11.5. The Hall–Kier alpha value is -4.56. The topological polar surface area (TPSA) is 16.4 Å². The fourth-order valence-electron chi connectivity index (χ4n) is 4.53. The number of benzene rings is 5. The van der Waals surface area contributed by atoms with E-state index in [0.717, 1.165) is 50.5 Å². The molecular formula is C32H23NO. The van der Waals surface area contributed by atoms with Gasteiger partial charge in [0.1, 0.15) is 11.3 Å². The summed E-state index contributed by atoms with van der Waals surface area (Å²) in [5.41, 5.74) is 7.51. The van der Waals surface area contributed by atoms with Crippen molar-refractivity contribution in [2.75, 3.05) is 4.90 Å². The number of nitrogens with zero attached hydrogens (tertiary/aromatic N) is 1. The molecule has 2 nitrogen and oxygen atoms in total. The molecule has 162 valence electrons. The highest BCUT2D eigenvalue weighted by atomic mass is 16.3.